The molecule has 0 atom stereocenters. The van der Waals surface area contributed by atoms with Gasteiger partial charge in [-0.25, -0.2) is 4.98 Å². The number of hydrogen-bond donors (Lipinski definition) is 0. The van der Waals surface area contributed by atoms with Gasteiger partial charge in [-0.1, -0.05) is 164 Å². The van der Waals surface area contributed by atoms with Crippen molar-refractivity contribution in [1.82, 2.24) is 14.5 Å². The van der Waals surface area contributed by atoms with Gasteiger partial charge in [-0.15, -0.1) is 29.3 Å². The van der Waals surface area contributed by atoms with Crippen LogP contribution in [0, 0.1) is 33.9 Å². The predicted octanol–water partition coefficient (Wildman–Crippen LogP) is 15.5. The second-order valence-corrected chi connectivity index (χ2v) is 19.5. The van der Waals surface area contributed by atoms with Crippen molar-refractivity contribution in [3.63, 3.8) is 0 Å². The minimum Gasteiger partial charge on any atom is -0.665 e. The largest absolute Gasteiger partial charge is 2.00 e. The minimum atomic E-state index is -2.82. The number of pyridine rings is 1. The maximum atomic E-state index is 8.84. The first-order valence-electron chi connectivity index (χ1n) is 24.7. The van der Waals surface area contributed by atoms with E-state index >= 15 is 0 Å². The van der Waals surface area contributed by atoms with Crippen LogP contribution in [0.15, 0.2) is 127 Å². The number of rotatable bonds is 7. The number of para-hydroxylation sites is 1. The second kappa shape index (κ2) is 17.2. The van der Waals surface area contributed by atoms with Crippen LogP contribution in [0.3, 0.4) is 0 Å². The molecule has 5 heteroatoms. The van der Waals surface area contributed by atoms with Crippen molar-refractivity contribution in [1.29, 1.82) is 0 Å². The minimum absolute atomic E-state index is 0. The summed E-state index contributed by atoms with van der Waals surface area (Å²) in [7, 11) is 3.91. The maximum absolute atomic E-state index is 8.84. The fourth-order valence-corrected chi connectivity index (χ4v) is 8.11. The molecule has 8 aromatic rings. The average molecular weight is 1020 g/mol. The van der Waals surface area contributed by atoms with Crippen LogP contribution in [0.1, 0.15) is 105 Å². The first-order chi connectivity index (χ1) is 32.2. The van der Waals surface area contributed by atoms with Gasteiger partial charge in [-0.3, -0.25) is 9.55 Å². The smallest absolute Gasteiger partial charge is 0.665 e. The Morgan fingerprint density at radius 2 is 1.30 bits per heavy atom. The number of hydrogen-bond acceptors (Lipinski definition) is 3. The summed E-state index contributed by atoms with van der Waals surface area (Å²) in [4.78, 5) is 10.4. The molecule has 0 radical (unpaired) electrons. The molecule has 0 saturated carbocycles. The summed E-state index contributed by atoms with van der Waals surface area (Å²) in [6.45, 7) is 21.0. The van der Waals surface area contributed by atoms with Gasteiger partial charge in [-0.05, 0) is 100 Å². The number of fused-ring (bicyclic) bond motifs is 1. The Bertz CT molecular complexity index is 3290. The molecule has 0 fully saturated rings. The monoisotopic (exact) mass is 1020 g/mol. The molecule has 0 aliphatic heterocycles. The Morgan fingerprint density at radius 1 is 0.635 bits per heavy atom. The number of benzene rings is 6. The Balaban J connectivity index is 0.00000722. The van der Waals surface area contributed by atoms with E-state index < -0.39 is 36.6 Å². The van der Waals surface area contributed by atoms with Crippen molar-refractivity contribution in [2.45, 2.75) is 99.3 Å². The van der Waals surface area contributed by atoms with E-state index in [2.05, 4.69) is 160 Å². The first-order valence-corrected chi connectivity index (χ1v) is 21.2. The molecule has 2 heterocycles. The third kappa shape index (κ3) is 9.11. The second-order valence-electron chi connectivity index (χ2n) is 19.5. The van der Waals surface area contributed by atoms with E-state index in [0.29, 0.717) is 28.4 Å². The van der Waals surface area contributed by atoms with E-state index in [-0.39, 0.29) is 42.9 Å². The summed E-state index contributed by atoms with van der Waals surface area (Å²) in [6.07, 6.45) is 1.56. The molecule has 6 aromatic carbocycles. The Labute approximate surface area is 399 Å². The zero-order chi connectivity index (χ0) is 50.3. The molecule has 8 rings (SSSR count). The molecule has 0 aliphatic carbocycles. The third-order valence-electron chi connectivity index (χ3n) is 11.6. The molecule has 0 aliphatic rings. The summed E-state index contributed by atoms with van der Waals surface area (Å²) in [5.41, 5.74) is 12.9. The van der Waals surface area contributed by atoms with Gasteiger partial charge in [0.1, 0.15) is 5.82 Å². The topological polar surface area (TPSA) is 39.9 Å². The number of nitrogens with zero attached hydrogens (tertiary/aromatic N) is 3. The molecule has 63 heavy (non-hydrogen) atoms. The Kier molecular flexibility index (Phi) is 10.1. The number of ether oxygens (including phenoxy) is 1. The van der Waals surface area contributed by atoms with E-state index in [0.717, 1.165) is 66.8 Å². The van der Waals surface area contributed by atoms with Gasteiger partial charge in [0.2, 0.25) is 0 Å². The summed E-state index contributed by atoms with van der Waals surface area (Å²) in [5, 5.41) is 0. The molecule has 0 spiro atoms. The third-order valence-corrected chi connectivity index (χ3v) is 11.6. The van der Waals surface area contributed by atoms with Crippen LogP contribution in [0.5, 0.6) is 5.75 Å². The molecule has 2 aromatic heterocycles. The van der Waals surface area contributed by atoms with Gasteiger partial charge in [-0.2, -0.15) is 7.11 Å². The summed E-state index contributed by atoms with van der Waals surface area (Å²) in [6, 6.07) is 35.1. The molecule has 0 N–H and O–H groups in total. The van der Waals surface area contributed by atoms with E-state index in [1.54, 1.807) is 18.3 Å². The molecule has 322 valence electrons. The molecule has 0 unspecified atom stereocenters. The van der Waals surface area contributed by atoms with Crippen molar-refractivity contribution in [2.75, 3.05) is 0 Å². The first kappa shape index (κ1) is 36.9. The zero-order valence-corrected chi connectivity index (χ0v) is 40.4. The quantitative estimate of drug-likeness (QED) is 0.149. The maximum Gasteiger partial charge on any atom is 2.00 e. The zero-order valence-electron chi connectivity index (χ0n) is 45.1. The van der Waals surface area contributed by atoms with Gasteiger partial charge < -0.3 is 4.74 Å². The van der Waals surface area contributed by atoms with Crippen LogP contribution >= 0.6 is 0 Å². The summed E-state index contributed by atoms with van der Waals surface area (Å²) in [5.74, 6) is 1.32. The van der Waals surface area contributed by atoms with Crippen LogP contribution in [0.4, 0.5) is 0 Å². The summed E-state index contributed by atoms with van der Waals surface area (Å²) < 4.78 is 66.8. The van der Waals surface area contributed by atoms with Crippen molar-refractivity contribution < 1.29 is 35.4 Å². The fraction of sp³-hybridized carbons (Fsp3) is 0.259. The number of imidazole rings is 1. The van der Waals surface area contributed by atoms with E-state index in [1.807, 2.05) is 19.1 Å². The SMILES string of the molecule is [2H]c1c([2H])c(C([2H])([2H])[2H])c([2H])c([2H])c1-c1ccnc(-c2[c-]c(-c3cccc4c3nc(-c3cc(C)cc(C)c3O[CH2-])n4-c3cc(C(C)(C)C)ccc3-c3ccc(C(C)(C)C)cc3)cc(C(C)(C)C)c2)c1.[Pt+2]. The molecular formula is C58H59N3OPt. The van der Waals surface area contributed by atoms with Crippen molar-refractivity contribution in [3.8, 4) is 67.5 Å². The Morgan fingerprint density at radius 3 is 1.95 bits per heavy atom. The van der Waals surface area contributed by atoms with Gasteiger partial charge in [0, 0.05) is 21.6 Å². The molecule has 0 amide bonds. The molecule has 0 saturated heterocycles. The molecular weight excluding hydrogens is 950 g/mol. The van der Waals surface area contributed by atoms with Gasteiger partial charge in [0.15, 0.2) is 0 Å². The van der Waals surface area contributed by atoms with E-state index in [9.17, 15) is 0 Å². The standard InChI is InChI=1S/C58H59N3O.Pt/c1-36-17-19-39(20-18-36)41-27-28-59-50(34-41)43-31-42(32-46(33-43)58(10,11)12)48-15-14-16-51-53(48)60-55(49-30-37(2)29-38(3)54(49)62-13)61(51)52-35-45(57(7,8)9)25-26-47(52)40-21-23-44(24-22-40)56(4,5)6;/h14-30,32-35H,13H2,1-12H3;/q-2;+2/i1D3,17D,18D,19D,20D;. The van der Waals surface area contributed by atoms with Gasteiger partial charge in [0.25, 0.3) is 0 Å². The fourth-order valence-electron chi connectivity index (χ4n) is 8.11. The average Bonchev–Trinajstić information content (AvgIpc) is 3.66. The normalized spacial score (nSPS) is 13.9. The van der Waals surface area contributed by atoms with Crippen molar-refractivity contribution in [3.05, 3.63) is 174 Å². The molecule has 4 nitrogen and oxygen atoms in total. The number of aromatic nitrogens is 3. The Hall–Kier alpha value is -5.57. The predicted molar refractivity (Wildman–Crippen MR) is 261 cm³/mol. The molecule has 0 bridgehead atoms. The van der Waals surface area contributed by atoms with Crippen LogP contribution in [-0.4, -0.2) is 14.5 Å². The van der Waals surface area contributed by atoms with Crippen LogP contribution in [0.25, 0.3) is 72.7 Å². The summed E-state index contributed by atoms with van der Waals surface area (Å²) >= 11 is 0. The van der Waals surface area contributed by atoms with Crippen molar-refractivity contribution in [2.24, 2.45) is 0 Å². The van der Waals surface area contributed by atoms with E-state index in [1.165, 1.54) is 5.56 Å². The van der Waals surface area contributed by atoms with E-state index in [4.69, 9.17) is 24.3 Å². The van der Waals surface area contributed by atoms with Gasteiger partial charge in [0.05, 0.1) is 33.5 Å². The van der Waals surface area contributed by atoms with Crippen LogP contribution in [-0.2, 0) is 37.3 Å². The van der Waals surface area contributed by atoms with Crippen LogP contribution < -0.4 is 4.74 Å². The van der Waals surface area contributed by atoms with Crippen LogP contribution in [0.2, 0.25) is 0 Å². The van der Waals surface area contributed by atoms with Gasteiger partial charge >= 0.3 is 21.1 Å². The van der Waals surface area contributed by atoms with Crippen molar-refractivity contribution >= 4 is 11.0 Å². The number of aryl methyl sites for hydroxylation is 2.